The number of hydrogen-bond acceptors (Lipinski definition) is 4. The summed E-state index contributed by atoms with van der Waals surface area (Å²) in [5.74, 6) is 3.67. The Hall–Kier alpha value is -2.69. The largest absolute Gasteiger partial charge is 0.506 e. The molecule has 8 saturated carbocycles. The maximum absolute atomic E-state index is 12.7. The Morgan fingerprint density at radius 3 is 2.05 bits per heavy atom. The predicted octanol–water partition coefficient (Wildman–Crippen LogP) is 7.28. The highest BCUT2D eigenvalue weighted by Crippen LogP contribution is 2.79. The van der Waals surface area contributed by atoms with Gasteiger partial charge in [0.2, 0.25) is 0 Å². The van der Waals surface area contributed by atoms with E-state index in [0.717, 1.165) is 36.8 Å². The number of benzene rings is 2. The first-order chi connectivity index (χ1) is 18.2. The van der Waals surface area contributed by atoms with Gasteiger partial charge in [-0.25, -0.2) is 0 Å². The van der Waals surface area contributed by atoms with Crippen LogP contribution in [0.5, 0.6) is 17.2 Å². The summed E-state index contributed by atoms with van der Waals surface area (Å²) in [7, 11) is 0. The van der Waals surface area contributed by atoms with E-state index in [0.29, 0.717) is 23.3 Å². The van der Waals surface area contributed by atoms with E-state index in [1.54, 1.807) is 12.1 Å². The molecule has 8 fully saturated rings. The highest BCUT2D eigenvalue weighted by molar-refractivity contribution is 5.75. The fraction of sp³-hybridized carbons (Fsp3) is 0.606. The Morgan fingerprint density at radius 1 is 0.816 bits per heavy atom. The summed E-state index contributed by atoms with van der Waals surface area (Å²) in [5, 5.41) is 20.7. The Kier molecular flexibility index (Phi) is 4.57. The smallest absolute Gasteiger partial charge is 0.309 e. The van der Waals surface area contributed by atoms with E-state index in [4.69, 9.17) is 10.5 Å². The average Bonchev–Trinajstić information content (AvgIpc) is 2.85. The lowest BCUT2D eigenvalue weighted by atomic mass is 9.31. The van der Waals surface area contributed by atoms with Crippen molar-refractivity contribution in [2.75, 3.05) is 5.73 Å². The summed E-state index contributed by atoms with van der Waals surface area (Å²) >= 11 is 0. The summed E-state index contributed by atoms with van der Waals surface area (Å²) in [4.78, 5) is 12.7. The number of para-hydroxylation sites is 1. The summed E-state index contributed by atoms with van der Waals surface area (Å²) in [6.45, 7) is 0. The van der Waals surface area contributed by atoms with Crippen LogP contribution in [0.3, 0.4) is 0 Å². The first kappa shape index (κ1) is 23.2. The Balaban J connectivity index is 1.20. The first-order valence-corrected chi connectivity index (χ1v) is 14.8. The zero-order valence-corrected chi connectivity index (χ0v) is 22.1. The van der Waals surface area contributed by atoms with E-state index in [2.05, 4.69) is 18.2 Å². The molecular formula is C33H39NO4. The number of aliphatic carboxylic acids is 1. The second-order valence-electron chi connectivity index (χ2n) is 14.7. The third-order valence-corrected chi connectivity index (χ3v) is 12.4. The lowest BCUT2D eigenvalue weighted by Crippen LogP contribution is -2.66. The number of anilines is 1. The topological polar surface area (TPSA) is 92.8 Å². The van der Waals surface area contributed by atoms with Gasteiger partial charge in [-0.15, -0.1) is 0 Å². The highest BCUT2D eigenvalue weighted by Gasteiger charge is 2.71. The van der Waals surface area contributed by atoms with E-state index in [-0.39, 0.29) is 22.0 Å². The minimum Gasteiger partial charge on any atom is -0.506 e. The van der Waals surface area contributed by atoms with Crippen LogP contribution >= 0.6 is 0 Å². The molecule has 8 aliphatic rings. The van der Waals surface area contributed by atoms with Gasteiger partial charge < -0.3 is 20.7 Å². The van der Waals surface area contributed by atoms with Crippen LogP contribution in [-0.4, -0.2) is 16.2 Å². The molecule has 5 nitrogen and oxygen atoms in total. The van der Waals surface area contributed by atoms with Crippen LogP contribution < -0.4 is 10.5 Å². The molecular weight excluding hydrogens is 474 g/mol. The summed E-state index contributed by atoms with van der Waals surface area (Å²) in [6, 6.07) is 13.7. The van der Waals surface area contributed by atoms with Gasteiger partial charge in [-0.2, -0.15) is 0 Å². The summed E-state index contributed by atoms with van der Waals surface area (Å²) in [6.07, 6.45) is 14.1. The van der Waals surface area contributed by atoms with Crippen molar-refractivity contribution >= 4 is 11.7 Å². The minimum atomic E-state index is -0.513. The number of ether oxygens (including phenoxy) is 1. The van der Waals surface area contributed by atoms with Crippen molar-refractivity contribution in [3.8, 4) is 17.2 Å². The van der Waals surface area contributed by atoms with E-state index in [9.17, 15) is 15.0 Å². The van der Waals surface area contributed by atoms with Gasteiger partial charge in [-0.1, -0.05) is 18.2 Å². The average molecular weight is 514 g/mol. The van der Waals surface area contributed by atoms with Gasteiger partial charge in [0.15, 0.2) is 0 Å². The molecule has 0 saturated heterocycles. The van der Waals surface area contributed by atoms with Crippen molar-refractivity contribution in [3.05, 3.63) is 48.0 Å². The summed E-state index contributed by atoms with van der Waals surface area (Å²) < 4.78 is 6.47. The number of carboxylic acid groups (broad SMARTS) is 1. The number of hydrogen-bond donors (Lipinski definition) is 3. The number of rotatable bonds is 5. The van der Waals surface area contributed by atoms with Crippen molar-refractivity contribution in [1.29, 1.82) is 0 Å². The van der Waals surface area contributed by atoms with Gasteiger partial charge in [-0.05, 0) is 130 Å². The molecule has 38 heavy (non-hydrogen) atoms. The van der Waals surface area contributed by atoms with Gasteiger partial charge >= 0.3 is 5.97 Å². The molecule has 10 rings (SSSR count). The SMILES string of the molecule is Nc1ccc(Oc2ccccc2C23CC4CC(C2)CC(C25CC6CC(CC(C(=O)O)(C6)C2)C5)(C4)C3)cc1O. The van der Waals surface area contributed by atoms with Crippen LogP contribution in [0.1, 0.15) is 82.6 Å². The molecule has 200 valence electrons. The first-order valence-electron chi connectivity index (χ1n) is 14.8. The normalized spacial score (nSPS) is 43.9. The van der Waals surface area contributed by atoms with Crippen LogP contribution in [0, 0.1) is 39.9 Å². The zero-order chi connectivity index (χ0) is 25.9. The number of carbonyl (C=O) groups is 1. The van der Waals surface area contributed by atoms with Gasteiger partial charge in [0.1, 0.15) is 17.2 Å². The van der Waals surface area contributed by atoms with Gasteiger partial charge in [0, 0.05) is 17.0 Å². The number of nitrogen functional groups attached to an aromatic ring is 1. The lowest BCUT2D eigenvalue weighted by molar-refractivity contribution is -0.230. The molecule has 0 aliphatic heterocycles. The number of nitrogens with two attached hydrogens (primary N) is 1. The van der Waals surface area contributed by atoms with Crippen LogP contribution in [-0.2, 0) is 10.2 Å². The van der Waals surface area contributed by atoms with Gasteiger partial charge in [0.05, 0.1) is 11.1 Å². The summed E-state index contributed by atoms with van der Waals surface area (Å²) in [5.41, 5.74) is 7.55. The van der Waals surface area contributed by atoms with Crippen LogP contribution in [0.15, 0.2) is 42.5 Å². The van der Waals surface area contributed by atoms with Gasteiger partial charge in [-0.3, -0.25) is 4.79 Å². The minimum absolute atomic E-state index is 0.0444. The number of carboxylic acids is 1. The maximum atomic E-state index is 12.7. The van der Waals surface area contributed by atoms with E-state index in [1.807, 2.05) is 12.1 Å². The zero-order valence-electron chi connectivity index (χ0n) is 22.1. The molecule has 4 unspecified atom stereocenters. The third-order valence-electron chi connectivity index (χ3n) is 12.4. The standard InChI is InChI=1S/C33H39NO4/c34-26-6-5-24(9-27(26)35)38-28-4-2-1-3-25(28)30-10-20-7-21(11-30)15-32(14-20,18-30)33-16-22-8-23(17-33)13-31(12-22,19-33)29(36)37/h1-6,9,20-23,35H,7-8,10-19,34H2,(H,36,37). The predicted molar refractivity (Wildman–Crippen MR) is 145 cm³/mol. The number of phenols is 1. The molecule has 0 amide bonds. The second-order valence-corrected chi connectivity index (χ2v) is 14.7. The fourth-order valence-corrected chi connectivity index (χ4v) is 12.0. The van der Waals surface area contributed by atoms with Crippen molar-refractivity contribution in [1.82, 2.24) is 0 Å². The van der Waals surface area contributed by atoms with Crippen LogP contribution in [0.4, 0.5) is 5.69 Å². The molecule has 4 atom stereocenters. The fourth-order valence-electron chi connectivity index (χ4n) is 12.0. The quantitative estimate of drug-likeness (QED) is 0.289. The molecule has 4 N–H and O–H groups in total. The molecule has 8 bridgehead atoms. The Bertz CT molecular complexity index is 1300. The monoisotopic (exact) mass is 513 g/mol. The lowest BCUT2D eigenvalue weighted by Gasteiger charge is -2.73. The molecule has 8 aliphatic carbocycles. The molecule has 2 aromatic carbocycles. The molecule has 5 heteroatoms. The van der Waals surface area contributed by atoms with Crippen LogP contribution in [0.2, 0.25) is 0 Å². The molecule has 0 spiro atoms. The Morgan fingerprint density at radius 2 is 1.42 bits per heavy atom. The molecule has 0 aromatic heterocycles. The maximum Gasteiger partial charge on any atom is 0.309 e. The van der Waals surface area contributed by atoms with Crippen molar-refractivity contribution in [2.24, 2.45) is 39.9 Å². The second kappa shape index (κ2) is 7.49. The Labute approximate surface area is 224 Å². The van der Waals surface area contributed by atoms with E-state index >= 15 is 0 Å². The van der Waals surface area contributed by atoms with Crippen molar-refractivity contribution < 1.29 is 19.7 Å². The van der Waals surface area contributed by atoms with Crippen molar-refractivity contribution in [2.45, 2.75) is 82.5 Å². The van der Waals surface area contributed by atoms with Crippen LogP contribution in [0.25, 0.3) is 0 Å². The van der Waals surface area contributed by atoms with E-state index in [1.165, 1.54) is 63.4 Å². The molecule has 0 heterocycles. The van der Waals surface area contributed by atoms with Gasteiger partial charge in [0.25, 0.3) is 0 Å². The third kappa shape index (κ3) is 3.08. The molecule has 2 aromatic rings. The number of aromatic hydroxyl groups is 1. The van der Waals surface area contributed by atoms with Crippen molar-refractivity contribution in [3.63, 3.8) is 0 Å². The van der Waals surface area contributed by atoms with E-state index < -0.39 is 11.4 Å². The highest BCUT2D eigenvalue weighted by atomic mass is 16.5. The molecule has 0 radical (unpaired) electrons. The number of phenolic OH excluding ortho intramolecular Hbond substituents is 1.